The van der Waals surface area contributed by atoms with E-state index in [-0.39, 0.29) is 18.0 Å². The molecule has 2 amide bonds. The fourth-order valence-electron chi connectivity index (χ4n) is 4.18. The van der Waals surface area contributed by atoms with Crippen molar-refractivity contribution in [3.63, 3.8) is 0 Å². The van der Waals surface area contributed by atoms with Gasteiger partial charge < -0.3 is 15.4 Å². The van der Waals surface area contributed by atoms with Crippen molar-refractivity contribution >= 4 is 22.7 Å². The van der Waals surface area contributed by atoms with E-state index in [1.54, 1.807) is 17.6 Å². The number of piperidine rings is 1. The first-order valence-corrected chi connectivity index (χ1v) is 10.9. The lowest BCUT2D eigenvalue weighted by atomic mass is 9.84. The molecule has 9 heteroatoms. The van der Waals surface area contributed by atoms with Gasteiger partial charge in [0, 0.05) is 16.6 Å². The molecule has 0 spiro atoms. The van der Waals surface area contributed by atoms with E-state index in [0.717, 1.165) is 22.2 Å². The lowest BCUT2D eigenvalue weighted by molar-refractivity contribution is -0.130. The third kappa shape index (κ3) is 5.44. The summed E-state index contributed by atoms with van der Waals surface area (Å²) in [5.74, 6) is -0.362. The summed E-state index contributed by atoms with van der Waals surface area (Å²) in [6.45, 7) is 3.64. The molecule has 0 aliphatic carbocycles. The largest absolute Gasteiger partial charge is 0.487 e. The van der Waals surface area contributed by atoms with Gasteiger partial charge in [0.1, 0.15) is 18.1 Å². The van der Waals surface area contributed by atoms with Crippen molar-refractivity contribution in [2.24, 2.45) is 0 Å². The summed E-state index contributed by atoms with van der Waals surface area (Å²) in [6, 6.07) is 13.2. The van der Waals surface area contributed by atoms with Gasteiger partial charge in [-0.15, -0.1) is 0 Å². The van der Waals surface area contributed by atoms with Crippen LogP contribution in [0.1, 0.15) is 41.0 Å². The molecule has 0 bridgehead atoms. The van der Waals surface area contributed by atoms with E-state index >= 15 is 0 Å². The minimum Gasteiger partial charge on any atom is -0.487 e. The van der Waals surface area contributed by atoms with E-state index in [1.165, 1.54) is 6.20 Å². The number of nitrogens with zero attached hydrogens (tertiary/aromatic N) is 2. The van der Waals surface area contributed by atoms with E-state index < -0.39 is 11.4 Å². The Morgan fingerprint density at radius 2 is 1.97 bits per heavy atom. The molecule has 0 radical (unpaired) electrons. The van der Waals surface area contributed by atoms with Crippen molar-refractivity contribution < 1.29 is 19.5 Å². The number of nitrogens with one attached hydrogen (secondary N) is 3. The highest BCUT2D eigenvalue weighted by atomic mass is 16.5. The van der Waals surface area contributed by atoms with Gasteiger partial charge in [-0.05, 0) is 57.1 Å². The summed E-state index contributed by atoms with van der Waals surface area (Å²) < 4.78 is 5.92. The van der Waals surface area contributed by atoms with Crippen LogP contribution < -0.4 is 20.9 Å². The topological polar surface area (TPSA) is 125 Å². The number of aromatic nitrogens is 2. The van der Waals surface area contributed by atoms with Crippen molar-refractivity contribution in [1.82, 2.24) is 26.1 Å². The number of amides is 2. The first-order valence-electron chi connectivity index (χ1n) is 10.9. The Morgan fingerprint density at radius 3 is 2.70 bits per heavy atom. The van der Waals surface area contributed by atoms with Gasteiger partial charge in [-0.25, -0.2) is 10.5 Å². The minimum atomic E-state index is -0.730. The first-order chi connectivity index (χ1) is 16.0. The molecule has 4 N–H and O–H groups in total. The van der Waals surface area contributed by atoms with Gasteiger partial charge in [-0.3, -0.25) is 19.8 Å². The Hall–Kier alpha value is -3.56. The molecule has 0 unspecified atom stereocenters. The molecular formula is C24H27N5O4. The van der Waals surface area contributed by atoms with Gasteiger partial charge in [0.05, 0.1) is 23.7 Å². The normalized spacial score (nSPS) is 15.1. The maximum Gasteiger partial charge on any atom is 0.270 e. The van der Waals surface area contributed by atoms with E-state index in [2.05, 4.69) is 20.6 Å². The lowest BCUT2D eigenvalue weighted by Gasteiger charge is -2.37. The Morgan fingerprint density at radius 1 is 1.18 bits per heavy atom. The van der Waals surface area contributed by atoms with Crippen LogP contribution in [0.3, 0.4) is 0 Å². The second-order valence-electron chi connectivity index (χ2n) is 8.30. The zero-order chi connectivity index (χ0) is 23.3. The van der Waals surface area contributed by atoms with E-state index in [4.69, 9.17) is 9.94 Å². The Bertz CT molecular complexity index is 1140. The van der Waals surface area contributed by atoms with Gasteiger partial charge >= 0.3 is 0 Å². The number of hydrogen-bond donors (Lipinski definition) is 4. The molecule has 33 heavy (non-hydrogen) atoms. The molecule has 2 aromatic heterocycles. The highest BCUT2D eigenvalue weighted by Crippen LogP contribution is 2.24. The third-order valence-corrected chi connectivity index (χ3v) is 5.86. The molecule has 0 saturated carbocycles. The second kappa shape index (κ2) is 9.93. The number of carbonyl (C=O) groups is 2. The van der Waals surface area contributed by atoms with Gasteiger partial charge in [0.15, 0.2) is 0 Å². The zero-order valence-corrected chi connectivity index (χ0v) is 18.4. The van der Waals surface area contributed by atoms with Crippen LogP contribution in [0, 0.1) is 6.92 Å². The highest BCUT2D eigenvalue weighted by Gasteiger charge is 2.36. The molecule has 1 aromatic carbocycles. The van der Waals surface area contributed by atoms with Crippen molar-refractivity contribution in [2.45, 2.75) is 38.3 Å². The number of hydroxylamine groups is 1. The van der Waals surface area contributed by atoms with Crippen LogP contribution in [0.5, 0.6) is 5.75 Å². The van der Waals surface area contributed by atoms with Crippen LogP contribution in [-0.4, -0.2) is 45.6 Å². The lowest BCUT2D eigenvalue weighted by Crippen LogP contribution is -2.56. The summed E-state index contributed by atoms with van der Waals surface area (Å²) >= 11 is 0. The Kier molecular flexibility index (Phi) is 6.81. The van der Waals surface area contributed by atoms with Gasteiger partial charge in [0.2, 0.25) is 5.91 Å². The molecule has 1 saturated heterocycles. The predicted molar refractivity (Wildman–Crippen MR) is 122 cm³/mol. The highest BCUT2D eigenvalue weighted by molar-refractivity contribution is 5.93. The zero-order valence-electron chi connectivity index (χ0n) is 18.4. The van der Waals surface area contributed by atoms with Crippen molar-refractivity contribution in [2.75, 3.05) is 13.1 Å². The fourth-order valence-corrected chi connectivity index (χ4v) is 4.18. The molecule has 3 aromatic rings. The molecule has 0 atom stereocenters. The summed E-state index contributed by atoms with van der Waals surface area (Å²) in [5.41, 5.74) is 4.01. The SMILES string of the molecule is Cc1cc(COc2ccc(C(=O)NC3(CC(=O)NO)CCNCC3)nc2)c2ccccc2n1. The summed E-state index contributed by atoms with van der Waals surface area (Å²) in [5, 5.41) is 16.1. The molecule has 3 heterocycles. The van der Waals surface area contributed by atoms with Crippen LogP contribution in [0.4, 0.5) is 0 Å². The number of carbonyl (C=O) groups excluding carboxylic acids is 2. The quantitative estimate of drug-likeness (QED) is 0.322. The second-order valence-corrected chi connectivity index (χ2v) is 8.30. The number of pyridine rings is 2. The number of aryl methyl sites for hydroxylation is 1. The maximum atomic E-state index is 12.8. The number of para-hydroxylation sites is 1. The summed E-state index contributed by atoms with van der Waals surface area (Å²) in [4.78, 5) is 33.4. The fraction of sp³-hybridized carbons (Fsp3) is 0.333. The van der Waals surface area contributed by atoms with Crippen LogP contribution >= 0.6 is 0 Å². The minimum absolute atomic E-state index is 0.00256. The van der Waals surface area contributed by atoms with Crippen LogP contribution in [0.2, 0.25) is 0 Å². The molecule has 4 rings (SSSR count). The average molecular weight is 450 g/mol. The molecular weight excluding hydrogens is 422 g/mol. The Balaban J connectivity index is 1.43. The van der Waals surface area contributed by atoms with Crippen molar-refractivity contribution in [3.05, 3.63) is 65.6 Å². The summed E-state index contributed by atoms with van der Waals surface area (Å²) in [6.07, 6.45) is 2.66. The number of ether oxygens (including phenoxy) is 1. The smallest absolute Gasteiger partial charge is 0.270 e. The van der Waals surface area contributed by atoms with Crippen LogP contribution in [-0.2, 0) is 11.4 Å². The van der Waals surface area contributed by atoms with E-state index in [1.807, 2.05) is 37.3 Å². The van der Waals surface area contributed by atoms with Crippen molar-refractivity contribution in [1.29, 1.82) is 0 Å². The maximum absolute atomic E-state index is 12.8. The molecule has 1 aliphatic rings. The van der Waals surface area contributed by atoms with Crippen LogP contribution in [0.25, 0.3) is 10.9 Å². The molecule has 9 nitrogen and oxygen atoms in total. The van der Waals surface area contributed by atoms with Crippen LogP contribution in [0.15, 0.2) is 48.7 Å². The average Bonchev–Trinajstić information content (AvgIpc) is 2.83. The molecule has 1 fully saturated rings. The van der Waals surface area contributed by atoms with Gasteiger partial charge in [0.25, 0.3) is 5.91 Å². The third-order valence-electron chi connectivity index (χ3n) is 5.86. The van der Waals surface area contributed by atoms with Gasteiger partial charge in [-0.2, -0.15) is 0 Å². The van der Waals surface area contributed by atoms with Gasteiger partial charge in [-0.1, -0.05) is 18.2 Å². The molecule has 1 aliphatic heterocycles. The number of fused-ring (bicyclic) bond motifs is 1. The first kappa shape index (κ1) is 22.6. The monoisotopic (exact) mass is 449 g/mol. The number of hydrogen-bond acceptors (Lipinski definition) is 7. The standard InChI is InChI=1S/C24H27N5O4/c1-16-12-17(19-4-2-3-5-20(19)27-16)15-33-18-6-7-21(26-14-18)23(31)28-24(13-22(30)29-32)8-10-25-11-9-24/h2-7,12,14,25,32H,8-11,13,15H2,1H3,(H,28,31)(H,29,30). The van der Waals surface area contributed by atoms with E-state index in [9.17, 15) is 9.59 Å². The predicted octanol–water partition coefficient (Wildman–Crippen LogP) is 2.26. The molecule has 172 valence electrons. The number of benzene rings is 1. The van der Waals surface area contributed by atoms with Crippen molar-refractivity contribution in [3.8, 4) is 5.75 Å². The number of rotatable bonds is 7. The Labute approximate surface area is 191 Å². The summed E-state index contributed by atoms with van der Waals surface area (Å²) in [7, 11) is 0. The van der Waals surface area contributed by atoms with E-state index in [0.29, 0.717) is 38.3 Å².